The lowest BCUT2D eigenvalue weighted by Gasteiger charge is -2.15. The molecule has 0 spiro atoms. The third-order valence-corrected chi connectivity index (χ3v) is 1.67. The Kier molecular flexibility index (Phi) is 5.58. The minimum atomic E-state index is -0.367. The van der Waals surface area contributed by atoms with Crippen LogP contribution >= 0.6 is 0 Å². The van der Waals surface area contributed by atoms with Crippen molar-refractivity contribution in [3.63, 3.8) is 0 Å². The van der Waals surface area contributed by atoms with Crippen LogP contribution in [0, 0.1) is 0 Å². The number of aliphatic hydroxyl groups is 1. The van der Waals surface area contributed by atoms with E-state index in [0.717, 1.165) is 19.3 Å². The fourth-order valence-corrected chi connectivity index (χ4v) is 0.813. The van der Waals surface area contributed by atoms with Crippen LogP contribution in [0.1, 0.15) is 26.2 Å². The predicted octanol–water partition coefficient (Wildman–Crippen LogP) is -0.176. The third-order valence-electron chi connectivity index (χ3n) is 1.67. The van der Waals surface area contributed by atoms with Gasteiger partial charge in [-0.25, -0.2) is 0 Å². The molecule has 0 saturated heterocycles. The first kappa shape index (κ1) is 9.88. The lowest BCUT2D eigenvalue weighted by molar-refractivity contribution is 0.131. The van der Waals surface area contributed by atoms with Crippen molar-refractivity contribution in [2.45, 2.75) is 38.3 Å². The Bertz CT molecular complexity index is 78.0. The van der Waals surface area contributed by atoms with Crippen molar-refractivity contribution in [2.75, 3.05) is 6.54 Å². The van der Waals surface area contributed by atoms with E-state index in [4.69, 9.17) is 11.5 Å². The number of rotatable bonds is 5. The number of hydrogen-bond acceptors (Lipinski definition) is 3. The Morgan fingerprint density at radius 3 is 2.50 bits per heavy atom. The fourth-order valence-electron chi connectivity index (χ4n) is 0.813. The molecule has 2 unspecified atom stereocenters. The van der Waals surface area contributed by atoms with E-state index in [2.05, 4.69) is 0 Å². The lowest BCUT2D eigenvalue weighted by atomic mass is 10.1. The van der Waals surface area contributed by atoms with E-state index in [1.807, 2.05) is 6.92 Å². The summed E-state index contributed by atoms with van der Waals surface area (Å²) in [6, 6.07) is -0.0773. The van der Waals surface area contributed by atoms with Crippen LogP contribution in [0.4, 0.5) is 0 Å². The third kappa shape index (κ3) is 3.82. The highest BCUT2D eigenvalue weighted by Crippen LogP contribution is 2.01. The summed E-state index contributed by atoms with van der Waals surface area (Å²) < 4.78 is 0. The first-order valence-electron chi connectivity index (χ1n) is 3.86. The van der Waals surface area contributed by atoms with Gasteiger partial charge in [0.1, 0.15) is 0 Å². The molecule has 0 amide bonds. The van der Waals surface area contributed by atoms with Gasteiger partial charge >= 0.3 is 0 Å². The standard InChI is InChI=1S/C7H18N2O/c1-2-6(9)7(10)4-3-5-8/h6-7,10H,2-5,8-9H2,1H3. The molecule has 3 nitrogen and oxygen atoms in total. The monoisotopic (exact) mass is 146 g/mol. The van der Waals surface area contributed by atoms with Crippen LogP contribution < -0.4 is 11.5 Å². The van der Waals surface area contributed by atoms with Crippen LogP contribution in [-0.2, 0) is 0 Å². The summed E-state index contributed by atoms with van der Waals surface area (Å²) in [5.74, 6) is 0. The molecule has 0 saturated carbocycles. The van der Waals surface area contributed by atoms with E-state index in [-0.39, 0.29) is 12.1 Å². The van der Waals surface area contributed by atoms with Gasteiger partial charge in [0.2, 0.25) is 0 Å². The Hall–Kier alpha value is -0.120. The van der Waals surface area contributed by atoms with Crippen molar-refractivity contribution in [1.82, 2.24) is 0 Å². The van der Waals surface area contributed by atoms with Gasteiger partial charge in [0.25, 0.3) is 0 Å². The Morgan fingerprint density at radius 2 is 2.10 bits per heavy atom. The topological polar surface area (TPSA) is 72.3 Å². The molecule has 0 rings (SSSR count). The molecule has 0 fully saturated rings. The zero-order valence-corrected chi connectivity index (χ0v) is 6.59. The zero-order chi connectivity index (χ0) is 7.98. The van der Waals surface area contributed by atoms with Gasteiger partial charge in [0, 0.05) is 6.04 Å². The van der Waals surface area contributed by atoms with Crippen LogP contribution in [0.25, 0.3) is 0 Å². The number of aliphatic hydroxyl groups excluding tert-OH is 1. The molecule has 5 N–H and O–H groups in total. The van der Waals surface area contributed by atoms with E-state index in [9.17, 15) is 5.11 Å². The molecule has 0 aromatic rings. The lowest BCUT2D eigenvalue weighted by Crippen LogP contribution is -2.34. The number of nitrogens with two attached hydrogens (primary N) is 2. The van der Waals surface area contributed by atoms with Gasteiger partial charge in [-0.15, -0.1) is 0 Å². The van der Waals surface area contributed by atoms with Gasteiger partial charge < -0.3 is 16.6 Å². The molecular weight excluding hydrogens is 128 g/mol. The van der Waals surface area contributed by atoms with E-state index >= 15 is 0 Å². The first-order valence-corrected chi connectivity index (χ1v) is 3.86. The van der Waals surface area contributed by atoms with Crippen LogP contribution in [0.15, 0.2) is 0 Å². The highest BCUT2D eigenvalue weighted by Gasteiger charge is 2.10. The summed E-state index contributed by atoms with van der Waals surface area (Å²) in [4.78, 5) is 0. The quantitative estimate of drug-likeness (QED) is 0.504. The Balaban J connectivity index is 3.31. The SMILES string of the molecule is CCC(N)C(O)CCCN. The molecule has 0 radical (unpaired) electrons. The average Bonchev–Trinajstić information content (AvgIpc) is 1.98. The largest absolute Gasteiger partial charge is 0.392 e. The van der Waals surface area contributed by atoms with E-state index in [0.29, 0.717) is 6.54 Å². The molecule has 0 aliphatic carbocycles. The molecule has 0 aromatic heterocycles. The smallest absolute Gasteiger partial charge is 0.0691 e. The number of hydrogen-bond donors (Lipinski definition) is 3. The van der Waals surface area contributed by atoms with Crippen molar-refractivity contribution < 1.29 is 5.11 Å². The van der Waals surface area contributed by atoms with E-state index in [1.54, 1.807) is 0 Å². The summed E-state index contributed by atoms with van der Waals surface area (Å²) in [7, 11) is 0. The second kappa shape index (κ2) is 5.65. The van der Waals surface area contributed by atoms with Gasteiger partial charge in [0.15, 0.2) is 0 Å². The minimum absolute atomic E-state index is 0.0773. The van der Waals surface area contributed by atoms with E-state index in [1.165, 1.54) is 0 Å². The normalized spacial score (nSPS) is 16.8. The first-order chi connectivity index (χ1) is 4.72. The summed E-state index contributed by atoms with van der Waals surface area (Å²) in [5, 5.41) is 9.27. The zero-order valence-electron chi connectivity index (χ0n) is 6.59. The highest BCUT2D eigenvalue weighted by molar-refractivity contribution is 4.69. The molecule has 0 aromatic carbocycles. The molecule has 0 aliphatic heterocycles. The molecule has 62 valence electrons. The molecular formula is C7H18N2O. The van der Waals surface area contributed by atoms with Crippen LogP contribution in [0.3, 0.4) is 0 Å². The highest BCUT2D eigenvalue weighted by atomic mass is 16.3. The van der Waals surface area contributed by atoms with Crippen LogP contribution in [0.2, 0.25) is 0 Å². The predicted molar refractivity (Wildman–Crippen MR) is 42.6 cm³/mol. The van der Waals surface area contributed by atoms with Gasteiger partial charge in [-0.2, -0.15) is 0 Å². The molecule has 2 atom stereocenters. The maximum atomic E-state index is 9.27. The fraction of sp³-hybridized carbons (Fsp3) is 1.00. The van der Waals surface area contributed by atoms with Gasteiger partial charge in [-0.1, -0.05) is 6.92 Å². The van der Waals surface area contributed by atoms with Gasteiger partial charge in [-0.05, 0) is 25.8 Å². The molecule has 0 aliphatic rings. The maximum absolute atomic E-state index is 9.27. The van der Waals surface area contributed by atoms with Crippen LogP contribution in [0.5, 0.6) is 0 Å². The van der Waals surface area contributed by atoms with Crippen molar-refractivity contribution in [2.24, 2.45) is 11.5 Å². The summed E-state index contributed by atoms with van der Waals surface area (Å²) in [5.41, 5.74) is 10.8. The second-order valence-corrected chi connectivity index (χ2v) is 2.57. The van der Waals surface area contributed by atoms with Gasteiger partial charge in [0.05, 0.1) is 6.10 Å². The van der Waals surface area contributed by atoms with Gasteiger partial charge in [-0.3, -0.25) is 0 Å². The summed E-state index contributed by atoms with van der Waals surface area (Å²) >= 11 is 0. The van der Waals surface area contributed by atoms with Crippen LogP contribution in [-0.4, -0.2) is 23.8 Å². The molecule has 0 heterocycles. The molecule has 3 heteroatoms. The van der Waals surface area contributed by atoms with Crippen molar-refractivity contribution in [3.05, 3.63) is 0 Å². The summed E-state index contributed by atoms with van der Waals surface area (Å²) in [6.45, 7) is 2.60. The Morgan fingerprint density at radius 1 is 1.50 bits per heavy atom. The molecule has 0 bridgehead atoms. The Labute approximate surface area is 62.4 Å². The molecule has 10 heavy (non-hydrogen) atoms. The average molecular weight is 146 g/mol. The summed E-state index contributed by atoms with van der Waals surface area (Å²) in [6.07, 6.45) is 2.04. The van der Waals surface area contributed by atoms with Crippen molar-refractivity contribution in [1.29, 1.82) is 0 Å². The minimum Gasteiger partial charge on any atom is -0.392 e. The van der Waals surface area contributed by atoms with E-state index < -0.39 is 0 Å². The maximum Gasteiger partial charge on any atom is 0.0691 e. The van der Waals surface area contributed by atoms with Crippen molar-refractivity contribution in [3.8, 4) is 0 Å². The second-order valence-electron chi connectivity index (χ2n) is 2.57. The van der Waals surface area contributed by atoms with Crippen molar-refractivity contribution >= 4 is 0 Å².